The van der Waals surface area contributed by atoms with E-state index in [1.165, 1.54) is 17.4 Å². The molecule has 6 nitrogen and oxygen atoms in total. The van der Waals surface area contributed by atoms with Gasteiger partial charge in [0.25, 0.3) is 0 Å². The van der Waals surface area contributed by atoms with Crippen LogP contribution in [-0.2, 0) is 4.84 Å². The molecular formula is C9H12ClN5OS. The second kappa shape index (κ2) is 6.21. The Morgan fingerprint density at radius 2 is 2.24 bits per heavy atom. The molecule has 1 aromatic heterocycles. The van der Waals surface area contributed by atoms with Gasteiger partial charge < -0.3 is 16.3 Å². The van der Waals surface area contributed by atoms with E-state index in [-0.39, 0.29) is 16.6 Å². The average molecular weight is 274 g/mol. The summed E-state index contributed by atoms with van der Waals surface area (Å²) in [6.45, 7) is 3.57. The number of oxime groups is 1. The normalized spacial score (nSPS) is 13.0. The molecule has 0 amide bonds. The molecule has 0 aliphatic heterocycles. The molecular weight excluding hydrogens is 262 g/mol. The fourth-order valence-corrected chi connectivity index (χ4v) is 1.43. The Hall–Kier alpha value is -1.60. The van der Waals surface area contributed by atoms with Gasteiger partial charge in [-0.2, -0.15) is 0 Å². The van der Waals surface area contributed by atoms with E-state index in [0.29, 0.717) is 5.01 Å². The van der Waals surface area contributed by atoms with E-state index >= 15 is 0 Å². The highest BCUT2D eigenvalue weighted by molar-refractivity contribution is 7.10. The van der Waals surface area contributed by atoms with E-state index in [1.807, 2.05) is 0 Å². The van der Waals surface area contributed by atoms with Gasteiger partial charge in [0, 0.05) is 6.08 Å². The van der Waals surface area contributed by atoms with Gasteiger partial charge in [-0.15, -0.1) is 10.2 Å². The van der Waals surface area contributed by atoms with Crippen LogP contribution >= 0.6 is 22.9 Å². The molecule has 0 unspecified atom stereocenters. The Morgan fingerprint density at radius 1 is 1.53 bits per heavy atom. The van der Waals surface area contributed by atoms with Crippen molar-refractivity contribution in [2.24, 2.45) is 16.6 Å². The first-order valence-corrected chi connectivity index (χ1v) is 5.83. The van der Waals surface area contributed by atoms with Crippen LogP contribution in [0.4, 0.5) is 0 Å². The summed E-state index contributed by atoms with van der Waals surface area (Å²) in [6.07, 6.45) is 1.37. The maximum absolute atomic E-state index is 5.85. The third-order valence-corrected chi connectivity index (χ3v) is 2.29. The standard InChI is InChI=1S/C9H12ClN5OS/c1-5(2)15-16-6(3-7(10)11)8(12)9-14-13-4-17-9/h3-4H,11-12H2,1-2H3/b7-3-,8-6+. The van der Waals surface area contributed by atoms with Crippen LogP contribution in [0, 0.1) is 0 Å². The van der Waals surface area contributed by atoms with Crippen molar-refractivity contribution in [1.29, 1.82) is 0 Å². The van der Waals surface area contributed by atoms with Crippen molar-refractivity contribution in [2.75, 3.05) is 0 Å². The minimum atomic E-state index is 0.0384. The lowest BCUT2D eigenvalue weighted by Crippen LogP contribution is -2.03. The first kappa shape index (κ1) is 13.5. The molecule has 92 valence electrons. The lowest BCUT2D eigenvalue weighted by Gasteiger charge is -2.04. The summed E-state index contributed by atoms with van der Waals surface area (Å²) in [5.41, 5.74) is 13.8. The maximum atomic E-state index is 5.85. The second-order valence-corrected chi connectivity index (χ2v) is 4.45. The number of allylic oxidation sites excluding steroid dienone is 1. The van der Waals surface area contributed by atoms with Crippen LogP contribution in [0.5, 0.6) is 0 Å². The van der Waals surface area contributed by atoms with E-state index < -0.39 is 0 Å². The number of hydrogen-bond acceptors (Lipinski definition) is 7. The summed E-state index contributed by atoms with van der Waals surface area (Å²) in [6, 6.07) is 0. The molecule has 0 fully saturated rings. The van der Waals surface area contributed by atoms with Crippen molar-refractivity contribution in [2.45, 2.75) is 13.8 Å². The van der Waals surface area contributed by atoms with E-state index in [9.17, 15) is 0 Å². The largest absolute Gasteiger partial charge is 0.393 e. The number of nitrogens with zero attached hydrogens (tertiary/aromatic N) is 3. The molecule has 0 aliphatic rings. The molecule has 0 radical (unpaired) electrons. The minimum Gasteiger partial charge on any atom is -0.393 e. The summed E-state index contributed by atoms with van der Waals surface area (Å²) in [7, 11) is 0. The highest BCUT2D eigenvalue weighted by atomic mass is 35.5. The van der Waals surface area contributed by atoms with Crippen LogP contribution in [0.15, 0.2) is 27.7 Å². The van der Waals surface area contributed by atoms with Gasteiger partial charge >= 0.3 is 0 Å². The lowest BCUT2D eigenvalue weighted by atomic mass is 10.3. The third-order valence-electron chi connectivity index (χ3n) is 1.45. The van der Waals surface area contributed by atoms with E-state index in [0.717, 1.165) is 5.71 Å². The van der Waals surface area contributed by atoms with Gasteiger partial charge in [0.2, 0.25) is 0 Å². The first-order chi connectivity index (χ1) is 8.00. The molecule has 0 spiro atoms. The highest BCUT2D eigenvalue weighted by Crippen LogP contribution is 2.18. The predicted molar refractivity (Wildman–Crippen MR) is 69.0 cm³/mol. The summed E-state index contributed by atoms with van der Waals surface area (Å²) in [5, 5.41) is 11.8. The Labute approximate surface area is 108 Å². The summed E-state index contributed by atoms with van der Waals surface area (Å²) in [5.74, 6) is 0.232. The monoisotopic (exact) mass is 273 g/mol. The zero-order chi connectivity index (χ0) is 12.8. The van der Waals surface area contributed by atoms with E-state index in [2.05, 4.69) is 15.4 Å². The lowest BCUT2D eigenvalue weighted by molar-refractivity contribution is 0.241. The summed E-state index contributed by atoms with van der Waals surface area (Å²) < 4.78 is 0. The van der Waals surface area contributed by atoms with Gasteiger partial charge in [-0.25, -0.2) is 0 Å². The van der Waals surface area contributed by atoms with Crippen molar-refractivity contribution < 1.29 is 4.84 Å². The van der Waals surface area contributed by atoms with Gasteiger partial charge in [0.15, 0.2) is 10.8 Å². The van der Waals surface area contributed by atoms with Crippen molar-refractivity contribution in [3.05, 3.63) is 27.5 Å². The van der Waals surface area contributed by atoms with Crippen LogP contribution < -0.4 is 11.5 Å². The van der Waals surface area contributed by atoms with E-state index in [1.54, 1.807) is 19.4 Å². The molecule has 4 N–H and O–H groups in total. The molecule has 17 heavy (non-hydrogen) atoms. The van der Waals surface area contributed by atoms with Crippen LogP contribution in [0.2, 0.25) is 0 Å². The summed E-state index contributed by atoms with van der Waals surface area (Å²) in [4.78, 5) is 5.14. The van der Waals surface area contributed by atoms with Crippen LogP contribution in [0.25, 0.3) is 5.70 Å². The zero-order valence-electron chi connectivity index (χ0n) is 9.35. The number of hydrogen-bond donors (Lipinski definition) is 2. The van der Waals surface area contributed by atoms with Crippen molar-refractivity contribution >= 4 is 34.3 Å². The van der Waals surface area contributed by atoms with Gasteiger partial charge in [-0.1, -0.05) is 28.1 Å². The van der Waals surface area contributed by atoms with Crippen molar-refractivity contribution in [3.8, 4) is 0 Å². The maximum Gasteiger partial charge on any atom is 0.186 e. The minimum absolute atomic E-state index is 0.0384. The predicted octanol–water partition coefficient (Wildman–Crippen LogP) is 1.62. The van der Waals surface area contributed by atoms with Crippen LogP contribution in [0.3, 0.4) is 0 Å². The smallest absolute Gasteiger partial charge is 0.186 e. The Bertz CT molecular complexity index is 458. The number of nitrogens with two attached hydrogens (primary N) is 2. The van der Waals surface area contributed by atoms with Crippen molar-refractivity contribution in [1.82, 2.24) is 10.2 Å². The van der Waals surface area contributed by atoms with Gasteiger partial charge in [-0.3, -0.25) is 0 Å². The van der Waals surface area contributed by atoms with Gasteiger partial charge in [-0.05, 0) is 13.8 Å². The third kappa shape index (κ3) is 4.41. The van der Waals surface area contributed by atoms with Crippen molar-refractivity contribution in [3.63, 3.8) is 0 Å². The summed E-state index contributed by atoms with van der Waals surface area (Å²) >= 11 is 6.86. The van der Waals surface area contributed by atoms with Crippen LogP contribution in [0.1, 0.15) is 18.9 Å². The molecule has 8 heteroatoms. The molecule has 0 atom stereocenters. The molecule has 0 aliphatic carbocycles. The fourth-order valence-electron chi connectivity index (χ4n) is 0.815. The fraction of sp³-hybridized carbons (Fsp3) is 0.222. The molecule has 1 rings (SSSR count). The Kier molecular flexibility index (Phi) is 4.92. The van der Waals surface area contributed by atoms with Gasteiger partial charge in [0.05, 0.1) is 5.71 Å². The molecule has 0 saturated heterocycles. The number of aromatic nitrogens is 2. The zero-order valence-corrected chi connectivity index (χ0v) is 10.9. The number of halogens is 1. The molecule has 1 aromatic rings. The SMILES string of the molecule is CC(C)=NOC(/C=C(\N)Cl)=C(/N)c1nncs1. The highest BCUT2D eigenvalue weighted by Gasteiger charge is 2.09. The molecule has 0 bridgehead atoms. The quantitative estimate of drug-likeness (QED) is 0.285. The number of rotatable bonds is 4. The second-order valence-electron chi connectivity index (χ2n) is 3.18. The Balaban J connectivity index is 3.09. The van der Waals surface area contributed by atoms with E-state index in [4.69, 9.17) is 27.9 Å². The first-order valence-electron chi connectivity index (χ1n) is 4.58. The van der Waals surface area contributed by atoms with Crippen LogP contribution in [-0.4, -0.2) is 15.9 Å². The van der Waals surface area contributed by atoms with Gasteiger partial charge in [0.1, 0.15) is 16.4 Å². The topological polar surface area (TPSA) is 99.4 Å². The average Bonchev–Trinajstić information content (AvgIpc) is 2.75. The molecule has 0 saturated carbocycles. The Morgan fingerprint density at radius 3 is 2.71 bits per heavy atom. The molecule has 0 aromatic carbocycles. The molecule has 1 heterocycles.